The average molecular weight is 515 g/mol. The van der Waals surface area contributed by atoms with Crippen LogP contribution in [0.1, 0.15) is 15.9 Å². The van der Waals surface area contributed by atoms with E-state index in [4.69, 9.17) is 11.6 Å². The highest BCUT2D eigenvalue weighted by molar-refractivity contribution is 7.99. The third kappa shape index (κ3) is 6.59. The molecule has 0 saturated carbocycles. The molecule has 0 aliphatic carbocycles. The van der Waals surface area contributed by atoms with Crippen LogP contribution >= 0.6 is 23.4 Å². The zero-order valence-electron chi connectivity index (χ0n) is 19.3. The van der Waals surface area contributed by atoms with Crippen LogP contribution in [-0.4, -0.2) is 32.2 Å². The van der Waals surface area contributed by atoms with Crippen LogP contribution in [0.15, 0.2) is 103 Å². The van der Waals surface area contributed by atoms with Gasteiger partial charge in [-0.25, -0.2) is 0 Å². The summed E-state index contributed by atoms with van der Waals surface area (Å²) in [5.41, 5.74) is 2.98. The molecule has 0 atom stereocenters. The molecular formula is C28H23ClN4O2S. The highest BCUT2D eigenvalue weighted by Gasteiger charge is 2.15. The molecule has 1 aromatic heterocycles. The van der Waals surface area contributed by atoms with Gasteiger partial charge in [-0.05, 0) is 60.2 Å². The van der Waals surface area contributed by atoms with Gasteiger partial charge in [-0.1, -0.05) is 65.8 Å². The van der Waals surface area contributed by atoms with Gasteiger partial charge < -0.3 is 5.32 Å². The fourth-order valence-corrected chi connectivity index (χ4v) is 4.25. The third-order valence-corrected chi connectivity index (χ3v) is 6.36. The zero-order valence-corrected chi connectivity index (χ0v) is 20.9. The van der Waals surface area contributed by atoms with Crippen LogP contribution < -0.4 is 5.32 Å². The van der Waals surface area contributed by atoms with Crippen LogP contribution in [0, 0.1) is 0 Å². The molecule has 180 valence electrons. The number of benzene rings is 3. The Bertz CT molecular complexity index is 1380. The monoisotopic (exact) mass is 514 g/mol. The zero-order chi connectivity index (χ0) is 25.3. The van der Waals surface area contributed by atoms with Crippen molar-refractivity contribution in [1.29, 1.82) is 0 Å². The summed E-state index contributed by atoms with van der Waals surface area (Å²) in [4.78, 5) is 25.0. The maximum absolute atomic E-state index is 12.5. The fourth-order valence-electron chi connectivity index (χ4n) is 3.38. The molecule has 0 aliphatic heterocycles. The van der Waals surface area contributed by atoms with Gasteiger partial charge in [-0.2, -0.15) is 0 Å². The molecule has 0 aliphatic rings. The maximum atomic E-state index is 12.5. The number of halogens is 1. The second-order valence-corrected chi connectivity index (χ2v) is 9.11. The number of rotatable bonds is 10. The van der Waals surface area contributed by atoms with Crippen molar-refractivity contribution in [2.75, 3.05) is 11.1 Å². The standard InChI is InChI=1S/C28H23ClN4O2S/c1-2-18-33-27(22-9-13-23(29)14-10-22)31-32-28(33)36-19-26(35)30-24-15-11-21(12-16-24)25(34)17-8-20-6-4-3-5-7-20/h2-17H,1,18-19H2,(H,30,35)/b17-8+. The Labute approximate surface area is 218 Å². The van der Waals surface area contributed by atoms with Crippen molar-refractivity contribution in [1.82, 2.24) is 14.8 Å². The summed E-state index contributed by atoms with van der Waals surface area (Å²) in [6.45, 7) is 4.31. The van der Waals surface area contributed by atoms with Crippen LogP contribution in [-0.2, 0) is 11.3 Å². The molecule has 8 heteroatoms. The van der Waals surface area contributed by atoms with Crippen LogP contribution in [0.3, 0.4) is 0 Å². The van der Waals surface area contributed by atoms with E-state index in [9.17, 15) is 9.59 Å². The number of nitrogens with zero attached hydrogens (tertiary/aromatic N) is 3. The lowest BCUT2D eigenvalue weighted by molar-refractivity contribution is -0.113. The van der Waals surface area contributed by atoms with E-state index in [-0.39, 0.29) is 17.4 Å². The van der Waals surface area contributed by atoms with Gasteiger partial charge in [0.2, 0.25) is 5.91 Å². The molecule has 1 amide bonds. The molecule has 3 aromatic carbocycles. The van der Waals surface area contributed by atoms with Gasteiger partial charge >= 0.3 is 0 Å². The van der Waals surface area contributed by atoms with Gasteiger partial charge in [0.15, 0.2) is 16.8 Å². The fraction of sp³-hybridized carbons (Fsp3) is 0.0714. The number of hydrogen-bond donors (Lipinski definition) is 1. The van der Waals surface area contributed by atoms with E-state index in [0.29, 0.717) is 33.8 Å². The second kappa shape index (κ2) is 12.2. The number of carbonyl (C=O) groups is 2. The van der Waals surface area contributed by atoms with Crippen molar-refractivity contribution in [3.63, 3.8) is 0 Å². The third-order valence-electron chi connectivity index (χ3n) is 5.14. The lowest BCUT2D eigenvalue weighted by Gasteiger charge is -2.08. The topological polar surface area (TPSA) is 76.9 Å². The van der Waals surface area contributed by atoms with Crippen molar-refractivity contribution in [3.05, 3.63) is 114 Å². The molecule has 0 unspecified atom stereocenters. The minimum atomic E-state index is -0.191. The van der Waals surface area contributed by atoms with E-state index in [2.05, 4.69) is 22.1 Å². The van der Waals surface area contributed by atoms with E-state index < -0.39 is 0 Å². The second-order valence-electron chi connectivity index (χ2n) is 7.73. The highest BCUT2D eigenvalue weighted by atomic mass is 35.5. The molecular weight excluding hydrogens is 492 g/mol. The summed E-state index contributed by atoms with van der Waals surface area (Å²) in [5.74, 6) is 0.529. The Hall–Kier alpha value is -3.94. The molecule has 6 nitrogen and oxygen atoms in total. The molecule has 36 heavy (non-hydrogen) atoms. The van der Waals surface area contributed by atoms with E-state index in [1.54, 1.807) is 48.6 Å². The predicted octanol–water partition coefficient (Wildman–Crippen LogP) is 6.41. The number of nitrogens with one attached hydrogen (secondary N) is 1. The maximum Gasteiger partial charge on any atom is 0.234 e. The van der Waals surface area contributed by atoms with Crippen LogP contribution in [0.4, 0.5) is 5.69 Å². The summed E-state index contributed by atoms with van der Waals surface area (Å²) in [6, 6.07) is 23.8. The lowest BCUT2D eigenvalue weighted by Crippen LogP contribution is -2.14. The quantitative estimate of drug-likeness (QED) is 0.114. The Balaban J connectivity index is 1.35. The summed E-state index contributed by atoms with van der Waals surface area (Å²) >= 11 is 7.28. The SMILES string of the molecule is C=CCn1c(SCC(=O)Nc2ccc(C(=O)/C=C/c3ccccc3)cc2)nnc1-c1ccc(Cl)cc1. The molecule has 0 spiro atoms. The minimum absolute atomic E-state index is 0.106. The van der Waals surface area contributed by atoms with E-state index in [1.165, 1.54) is 17.8 Å². The van der Waals surface area contributed by atoms with Crippen molar-refractivity contribution < 1.29 is 9.59 Å². The lowest BCUT2D eigenvalue weighted by atomic mass is 10.1. The molecule has 1 N–H and O–H groups in total. The van der Waals surface area contributed by atoms with E-state index >= 15 is 0 Å². The smallest absolute Gasteiger partial charge is 0.234 e. The molecule has 0 saturated heterocycles. The number of thioether (sulfide) groups is 1. The summed E-state index contributed by atoms with van der Waals surface area (Å²) in [7, 11) is 0. The van der Waals surface area contributed by atoms with Gasteiger partial charge in [0.05, 0.1) is 5.75 Å². The predicted molar refractivity (Wildman–Crippen MR) is 146 cm³/mol. The van der Waals surface area contributed by atoms with E-state index in [1.807, 2.05) is 47.0 Å². The number of ketones is 1. The van der Waals surface area contributed by atoms with Gasteiger partial charge in [-0.3, -0.25) is 14.2 Å². The first kappa shape index (κ1) is 25.2. The largest absolute Gasteiger partial charge is 0.325 e. The van der Waals surface area contributed by atoms with Crippen LogP contribution in [0.2, 0.25) is 5.02 Å². The molecule has 0 bridgehead atoms. The molecule has 4 rings (SSSR count). The molecule has 4 aromatic rings. The number of allylic oxidation sites excluding steroid dienone is 2. The van der Waals surface area contributed by atoms with Crippen molar-refractivity contribution in [2.45, 2.75) is 11.7 Å². The van der Waals surface area contributed by atoms with Gasteiger partial charge in [0.1, 0.15) is 0 Å². The average Bonchev–Trinajstić information content (AvgIpc) is 3.30. The number of anilines is 1. The van der Waals surface area contributed by atoms with Crippen molar-refractivity contribution in [2.24, 2.45) is 0 Å². The summed E-state index contributed by atoms with van der Waals surface area (Å²) in [5, 5.41) is 12.6. The Morgan fingerprint density at radius 3 is 2.39 bits per heavy atom. The molecule has 0 radical (unpaired) electrons. The summed E-state index contributed by atoms with van der Waals surface area (Å²) < 4.78 is 1.90. The van der Waals surface area contributed by atoms with Gasteiger partial charge in [-0.15, -0.1) is 16.8 Å². The van der Waals surface area contributed by atoms with Crippen LogP contribution in [0.25, 0.3) is 17.5 Å². The molecule has 0 fully saturated rings. The number of aromatic nitrogens is 3. The minimum Gasteiger partial charge on any atom is -0.325 e. The normalized spacial score (nSPS) is 10.9. The first-order valence-electron chi connectivity index (χ1n) is 11.1. The van der Waals surface area contributed by atoms with Crippen molar-refractivity contribution in [3.8, 4) is 11.4 Å². The molecule has 1 heterocycles. The number of carbonyl (C=O) groups excluding carboxylic acids is 2. The van der Waals surface area contributed by atoms with E-state index in [0.717, 1.165) is 11.1 Å². The Morgan fingerprint density at radius 2 is 1.69 bits per heavy atom. The summed E-state index contributed by atoms with van der Waals surface area (Å²) in [6.07, 6.45) is 5.07. The number of hydrogen-bond acceptors (Lipinski definition) is 5. The Kier molecular flexibility index (Phi) is 8.49. The number of amides is 1. The van der Waals surface area contributed by atoms with Crippen LogP contribution in [0.5, 0.6) is 0 Å². The van der Waals surface area contributed by atoms with Gasteiger partial charge in [0, 0.05) is 28.4 Å². The highest BCUT2D eigenvalue weighted by Crippen LogP contribution is 2.25. The Morgan fingerprint density at radius 1 is 0.972 bits per heavy atom. The first-order chi connectivity index (χ1) is 17.5. The first-order valence-corrected chi connectivity index (χ1v) is 12.5. The van der Waals surface area contributed by atoms with Gasteiger partial charge in [0.25, 0.3) is 0 Å². The van der Waals surface area contributed by atoms with Crippen molar-refractivity contribution >= 4 is 46.8 Å².